The zero-order valence-corrected chi connectivity index (χ0v) is 62.7. The fourth-order valence-electron chi connectivity index (χ4n) is 16.2. The molecule has 11 aromatic rings. The summed E-state index contributed by atoms with van der Waals surface area (Å²) in [6, 6.07) is 33.7. The van der Waals surface area contributed by atoms with Gasteiger partial charge in [0.15, 0.2) is 11.2 Å². The molecule has 0 radical (unpaired) electrons. The maximum atomic E-state index is 17.1. The smallest absolute Gasteiger partial charge is 0.543 e. The second kappa shape index (κ2) is 31.5. The molecule has 0 saturated heterocycles. The largest absolute Gasteiger partial charge is 0.573 e. The number of aliphatic carboxylic acids is 2. The molecule has 13 rings (SSSR count). The van der Waals surface area contributed by atoms with E-state index in [0.717, 1.165) is 94.1 Å². The van der Waals surface area contributed by atoms with Gasteiger partial charge < -0.3 is 58.6 Å². The normalized spacial score (nSPS) is 15.2. The van der Waals surface area contributed by atoms with Crippen molar-refractivity contribution in [2.45, 2.75) is 96.7 Å². The highest BCUT2D eigenvalue weighted by Gasteiger charge is 2.70. The molecule has 22 nitrogen and oxygen atoms in total. The van der Waals surface area contributed by atoms with E-state index in [1.54, 1.807) is 25.1 Å². The maximum absolute atomic E-state index is 17.1. The summed E-state index contributed by atoms with van der Waals surface area (Å²) in [5.74, 6) is -12.6. The van der Waals surface area contributed by atoms with Gasteiger partial charge in [0, 0.05) is 85.5 Å². The van der Waals surface area contributed by atoms with E-state index in [1.165, 1.54) is 121 Å². The Labute approximate surface area is 655 Å². The number of carboxylic acid groups (broad SMARTS) is 2. The fourth-order valence-corrected chi connectivity index (χ4v) is 16.2. The lowest BCUT2D eigenvalue weighted by Crippen LogP contribution is -2.74. The van der Waals surface area contributed by atoms with Gasteiger partial charge in [-0.3, -0.25) is 37.7 Å². The van der Waals surface area contributed by atoms with E-state index in [-0.39, 0.29) is 120 Å². The molecule has 8 aromatic carbocycles. The van der Waals surface area contributed by atoms with Crippen molar-refractivity contribution in [3.05, 3.63) is 237 Å². The highest BCUT2D eigenvalue weighted by Crippen LogP contribution is 2.64. The molecule has 3 aromatic heterocycles. The van der Waals surface area contributed by atoms with Gasteiger partial charge in [0.2, 0.25) is 5.91 Å². The number of hydrogen-bond acceptors (Lipinski definition) is 16. The van der Waals surface area contributed by atoms with E-state index in [4.69, 9.17) is 24.7 Å². The average molecular weight is 1630 g/mol. The Bertz CT molecular complexity index is 5820. The third-order valence-corrected chi connectivity index (χ3v) is 20.8. The van der Waals surface area contributed by atoms with Crippen LogP contribution in [-0.2, 0) is 26.3 Å². The summed E-state index contributed by atoms with van der Waals surface area (Å²) < 4.78 is 198. The quantitative estimate of drug-likeness (QED) is 0.0499. The van der Waals surface area contributed by atoms with Crippen molar-refractivity contribution in [3.8, 4) is 46.0 Å². The summed E-state index contributed by atoms with van der Waals surface area (Å²) in [5.41, 5.74) is 1.84. The number of carbonyl (C=O) groups is 7. The first-order chi connectivity index (χ1) is 55.1. The van der Waals surface area contributed by atoms with Crippen LogP contribution < -0.4 is 53.2 Å². The molecule has 0 spiro atoms. The van der Waals surface area contributed by atoms with Crippen LogP contribution in [0.3, 0.4) is 0 Å². The van der Waals surface area contributed by atoms with E-state index in [2.05, 4.69) is 18.9 Å². The van der Waals surface area contributed by atoms with Crippen LogP contribution in [0.5, 0.6) is 46.0 Å². The van der Waals surface area contributed by atoms with Gasteiger partial charge in [-0.1, -0.05) is 12.8 Å². The van der Waals surface area contributed by atoms with E-state index in [1.807, 2.05) is 0 Å². The number of ether oxygens (including phenoxy) is 8. The third-order valence-electron chi connectivity index (χ3n) is 20.8. The Morgan fingerprint density at radius 2 is 0.803 bits per heavy atom. The van der Waals surface area contributed by atoms with Gasteiger partial charge in [-0.05, 0) is 203 Å². The molecule has 1 aliphatic heterocycles. The van der Waals surface area contributed by atoms with Crippen LogP contribution in [-0.4, -0.2) is 114 Å². The predicted octanol–water partition coefficient (Wildman–Crippen LogP) is 16.5. The number of nitrogens with zero attached hydrogens (tertiary/aromatic N) is 4. The lowest BCUT2D eigenvalue weighted by atomic mass is 9.71. The summed E-state index contributed by atoms with van der Waals surface area (Å²) in [4.78, 5) is 103. The molecule has 117 heavy (non-hydrogen) atoms. The average Bonchev–Trinajstić information content (AvgIpc) is 1.51. The summed E-state index contributed by atoms with van der Waals surface area (Å²) in [6.45, 7) is 5.76. The number of benzene rings is 8. The van der Waals surface area contributed by atoms with Gasteiger partial charge in [0.05, 0.1) is 62.5 Å². The Morgan fingerprint density at radius 3 is 1.19 bits per heavy atom. The maximum Gasteiger partial charge on any atom is 0.573 e. The summed E-state index contributed by atoms with van der Waals surface area (Å²) in [6.07, 6.45) is -19.6. The van der Waals surface area contributed by atoms with Gasteiger partial charge >= 0.3 is 37.3 Å². The third kappa shape index (κ3) is 15.6. The number of rotatable bonds is 21. The minimum absolute atomic E-state index is 0.0125. The van der Waals surface area contributed by atoms with Crippen molar-refractivity contribution in [1.82, 2.24) is 18.2 Å². The van der Waals surface area contributed by atoms with Crippen molar-refractivity contribution in [2.24, 2.45) is 11.7 Å². The summed E-state index contributed by atoms with van der Waals surface area (Å²) in [5, 5.41) is 28.7. The zero-order chi connectivity index (χ0) is 85.1. The van der Waals surface area contributed by atoms with Crippen LogP contribution >= 0.6 is 0 Å². The number of nitrogens with two attached hydrogens (primary N) is 1. The Hall–Kier alpha value is -13.3. The standard InChI is InChI=1S/C63H50F9N3O13.C20H17F3N2O4/c1-32-51(45-29-42(83-4)23-26-48(45)73(32)55(76)35-11-17-39(18-12-35)86-61(64,65)66)53(58(79)80)52-34(3)75(50-28-25-44(85-6)31-47(50)52,57(78)37-15-21-41(22-16-37)88-63(70,71)72)60(59(81)82,38-9-7-8-10-38)54-33(2)74(49-27-24-43(84-5)30-46(49)54)56(77)36-13-19-40(20-14-36)87-62(67,68)69;1-11-15(10-18(24)26)16-9-14(28-2)7-8-17(16)25(11)19(27)12-3-5-13(6-4-12)29-20(21,22)23/h11-31,38,53H,7-10H2,1-6H3,(H-,79,80,81,82);3-9H,10H2,1-2H3,(H2,24,26). The van der Waals surface area contributed by atoms with Crippen molar-refractivity contribution in [3.63, 3.8) is 0 Å². The number of halogens is 12. The van der Waals surface area contributed by atoms with Gasteiger partial charge in [-0.2, -0.15) is 4.48 Å². The minimum Gasteiger partial charge on any atom is -0.543 e. The molecule has 2 aliphatic rings. The number of allylic oxidation sites excluding steroid dienone is 1. The van der Waals surface area contributed by atoms with Crippen LogP contribution in [0.25, 0.3) is 38.3 Å². The first-order valence-electron chi connectivity index (χ1n) is 35.3. The predicted molar refractivity (Wildman–Crippen MR) is 395 cm³/mol. The van der Waals surface area contributed by atoms with Crippen LogP contribution in [0.2, 0.25) is 0 Å². The number of amides is 2. The van der Waals surface area contributed by atoms with Crippen LogP contribution in [0.15, 0.2) is 176 Å². The molecule has 1 fully saturated rings. The molecule has 1 saturated carbocycles. The van der Waals surface area contributed by atoms with Crippen LogP contribution in [0, 0.1) is 26.7 Å². The van der Waals surface area contributed by atoms with Crippen LogP contribution in [0.4, 0.5) is 58.4 Å². The number of carbonyl (C=O) groups excluding carboxylic acids is 6. The molecule has 3 atom stereocenters. The second-order valence-corrected chi connectivity index (χ2v) is 27.2. The number of carboxylic acids is 2. The van der Waals surface area contributed by atoms with Gasteiger partial charge in [0.25, 0.3) is 17.7 Å². The molecule has 4 heterocycles. The van der Waals surface area contributed by atoms with Crippen LogP contribution in [0.1, 0.15) is 119 Å². The van der Waals surface area contributed by atoms with E-state index >= 15 is 19.5 Å². The molecule has 0 bridgehead atoms. The molecular formula is C83H67F12N5O17. The Morgan fingerprint density at radius 1 is 0.462 bits per heavy atom. The highest BCUT2D eigenvalue weighted by molar-refractivity contribution is 6.18. The van der Waals surface area contributed by atoms with E-state index in [0.29, 0.717) is 40.8 Å². The van der Waals surface area contributed by atoms with Crippen molar-refractivity contribution in [1.29, 1.82) is 0 Å². The number of hydrogen-bond donors (Lipinski definition) is 2. The fraction of sp³-hybridized carbons (Fsp3) is 0.241. The van der Waals surface area contributed by atoms with Gasteiger partial charge in [-0.25, -0.2) is 4.79 Å². The number of methoxy groups -OCH3 is 4. The molecular weight excluding hydrogens is 1570 g/mol. The van der Waals surface area contributed by atoms with Crippen molar-refractivity contribution >= 4 is 85.4 Å². The van der Waals surface area contributed by atoms with E-state index < -0.39 is 117 Å². The number of fused-ring (bicyclic) bond motifs is 4. The summed E-state index contributed by atoms with van der Waals surface area (Å²) in [7, 11) is 5.39. The van der Waals surface area contributed by atoms with Gasteiger partial charge in [0.1, 0.15) is 63.6 Å². The Balaban J connectivity index is 0.000000364. The number of quaternary nitrogens is 1. The minimum atomic E-state index is -5.21. The number of primary amides is 1. The monoisotopic (exact) mass is 1630 g/mol. The molecule has 3 unspecified atom stereocenters. The first-order valence-corrected chi connectivity index (χ1v) is 35.3. The first kappa shape index (κ1) is 83.2. The highest BCUT2D eigenvalue weighted by atomic mass is 19.4. The number of alkyl halides is 12. The molecule has 1 aliphatic carbocycles. The molecule has 2 amide bonds. The van der Waals surface area contributed by atoms with E-state index in [9.17, 15) is 77.0 Å². The topological polar surface area (TPSA) is 277 Å². The summed E-state index contributed by atoms with van der Waals surface area (Å²) >= 11 is 0. The second-order valence-electron chi connectivity index (χ2n) is 27.2. The lowest BCUT2D eigenvalue weighted by molar-refractivity contribution is -0.321. The van der Waals surface area contributed by atoms with Gasteiger partial charge in [-0.15, -0.1) is 52.7 Å². The number of aromatic nitrogens is 3. The SMILES string of the molecule is COc1ccc2c(c1)C(C(C(=O)O)c1c(C)n(C(=O)c3ccc(OC(F)(F)F)cc3)c3ccc(OC)cc13)=C(C)[N+]2(C(=O)c1ccc(OC(F)(F)F)cc1)C(C(=O)[O-])(c1c(C)n(C(=O)c2ccc(OC(F)(F)F)cc2)c2ccc(OC)cc12)C1CCCC1.COc1ccc2c(c1)c(CC(N)=O)c(C)n2C(=O)c1ccc(OC(F)(F)F)cc1. The molecule has 610 valence electrons. The molecule has 3 N–H and O–H groups in total. The zero-order valence-electron chi connectivity index (χ0n) is 62.7. The Kier molecular flexibility index (Phi) is 22.4. The molecule has 34 heteroatoms. The lowest BCUT2D eigenvalue weighted by Gasteiger charge is -2.53. The van der Waals surface area contributed by atoms with Crippen molar-refractivity contribution < 1.29 is 134 Å². The van der Waals surface area contributed by atoms with Crippen molar-refractivity contribution in [2.75, 3.05) is 28.4 Å².